The molecule has 4 nitrogen and oxygen atoms in total. The number of anilines is 1. The van der Waals surface area contributed by atoms with E-state index >= 15 is 0 Å². The van der Waals surface area contributed by atoms with E-state index in [1.807, 2.05) is 0 Å². The Morgan fingerprint density at radius 1 is 1.46 bits per heavy atom. The van der Waals surface area contributed by atoms with Gasteiger partial charge in [-0.3, -0.25) is 4.79 Å². The summed E-state index contributed by atoms with van der Waals surface area (Å²) in [6.45, 7) is 0. The lowest BCUT2D eigenvalue weighted by molar-refractivity contribution is -0.136. The minimum Gasteiger partial charge on any atom is -0.508 e. The van der Waals surface area contributed by atoms with Gasteiger partial charge in [0.05, 0.1) is 6.42 Å². The van der Waals surface area contributed by atoms with Gasteiger partial charge in [-0.15, -0.1) is 12.4 Å². The van der Waals surface area contributed by atoms with Gasteiger partial charge in [-0.1, -0.05) is 0 Å². The summed E-state index contributed by atoms with van der Waals surface area (Å²) in [4.78, 5) is 10.3. The van der Waals surface area contributed by atoms with Gasteiger partial charge in [-0.05, 0) is 18.2 Å². The number of nitrogen functional groups attached to an aromatic ring is 1. The molecule has 13 heavy (non-hydrogen) atoms. The molecule has 0 fully saturated rings. The number of rotatable bonds is 2. The van der Waals surface area contributed by atoms with Crippen LogP contribution in [0.3, 0.4) is 0 Å². The number of halogens is 1. The van der Waals surface area contributed by atoms with E-state index in [-0.39, 0.29) is 24.6 Å². The first kappa shape index (κ1) is 11.6. The number of hydrogen-bond acceptors (Lipinski definition) is 3. The summed E-state index contributed by atoms with van der Waals surface area (Å²) in [5, 5.41) is 17.6. The largest absolute Gasteiger partial charge is 0.508 e. The van der Waals surface area contributed by atoms with E-state index in [2.05, 4.69) is 0 Å². The second kappa shape index (κ2) is 4.57. The highest BCUT2D eigenvalue weighted by atomic mass is 35.5. The van der Waals surface area contributed by atoms with Crippen LogP contribution in [0.1, 0.15) is 5.56 Å². The molecule has 0 aliphatic heterocycles. The SMILES string of the molecule is Cl.Nc1ccc(O)c(CC(=O)O)c1. The third-order valence-electron chi connectivity index (χ3n) is 1.45. The monoisotopic (exact) mass is 203 g/mol. The topological polar surface area (TPSA) is 83.5 Å². The number of carboxylic acids is 1. The second-order valence-corrected chi connectivity index (χ2v) is 2.46. The van der Waals surface area contributed by atoms with Crippen molar-refractivity contribution >= 4 is 24.1 Å². The number of aliphatic carboxylic acids is 1. The van der Waals surface area contributed by atoms with Crippen LogP contribution in [0.15, 0.2) is 18.2 Å². The third kappa shape index (κ3) is 3.21. The molecule has 0 aliphatic carbocycles. The average Bonchev–Trinajstić information content (AvgIpc) is 1.96. The number of hydrogen-bond donors (Lipinski definition) is 3. The van der Waals surface area contributed by atoms with Crippen LogP contribution in [-0.4, -0.2) is 16.2 Å². The second-order valence-electron chi connectivity index (χ2n) is 2.46. The number of phenolic OH excluding ortho intramolecular Hbond substituents is 1. The average molecular weight is 204 g/mol. The number of carbonyl (C=O) groups is 1. The maximum Gasteiger partial charge on any atom is 0.307 e. The third-order valence-corrected chi connectivity index (χ3v) is 1.45. The molecule has 0 unspecified atom stereocenters. The van der Waals surface area contributed by atoms with Gasteiger partial charge in [0, 0.05) is 11.3 Å². The Morgan fingerprint density at radius 2 is 2.08 bits per heavy atom. The Bertz CT molecular complexity index is 314. The summed E-state index contributed by atoms with van der Waals surface area (Å²) in [5.41, 5.74) is 6.18. The quantitative estimate of drug-likeness (QED) is 0.495. The zero-order chi connectivity index (χ0) is 9.14. The molecular formula is C8H10ClNO3. The summed E-state index contributed by atoms with van der Waals surface area (Å²) >= 11 is 0. The molecule has 0 aromatic heterocycles. The molecule has 0 saturated carbocycles. The van der Waals surface area contributed by atoms with Crippen molar-refractivity contribution in [3.63, 3.8) is 0 Å². The Balaban J connectivity index is 0.00000144. The van der Waals surface area contributed by atoms with Gasteiger partial charge in [0.2, 0.25) is 0 Å². The molecule has 0 amide bonds. The van der Waals surface area contributed by atoms with Crippen molar-refractivity contribution in [2.24, 2.45) is 0 Å². The molecule has 0 radical (unpaired) electrons. The van der Waals surface area contributed by atoms with Crippen molar-refractivity contribution in [1.29, 1.82) is 0 Å². The van der Waals surface area contributed by atoms with Gasteiger partial charge in [0.1, 0.15) is 5.75 Å². The lowest BCUT2D eigenvalue weighted by atomic mass is 10.1. The molecular weight excluding hydrogens is 194 g/mol. The van der Waals surface area contributed by atoms with Crippen LogP contribution in [0.25, 0.3) is 0 Å². The first-order chi connectivity index (χ1) is 5.59. The van der Waals surface area contributed by atoms with Gasteiger partial charge < -0.3 is 15.9 Å². The van der Waals surface area contributed by atoms with Crippen LogP contribution < -0.4 is 5.73 Å². The summed E-state index contributed by atoms with van der Waals surface area (Å²) in [6.07, 6.45) is -0.211. The first-order valence-electron chi connectivity index (χ1n) is 3.39. The summed E-state index contributed by atoms with van der Waals surface area (Å²) in [6, 6.07) is 4.34. The molecule has 0 bridgehead atoms. The van der Waals surface area contributed by atoms with E-state index < -0.39 is 5.97 Å². The fourth-order valence-corrected chi connectivity index (χ4v) is 0.910. The molecule has 0 heterocycles. The molecule has 0 aliphatic rings. The normalized spacial score (nSPS) is 8.92. The van der Waals surface area contributed by atoms with Crippen LogP contribution in [0, 0.1) is 0 Å². The van der Waals surface area contributed by atoms with Crippen molar-refractivity contribution in [3.8, 4) is 5.75 Å². The van der Waals surface area contributed by atoms with E-state index in [1.165, 1.54) is 18.2 Å². The number of aromatic hydroxyl groups is 1. The molecule has 5 heteroatoms. The Morgan fingerprint density at radius 3 is 2.62 bits per heavy atom. The number of phenols is 1. The predicted octanol–water partition coefficient (Wildman–Crippen LogP) is 1.02. The van der Waals surface area contributed by atoms with Crippen LogP contribution in [0.4, 0.5) is 5.69 Å². The van der Waals surface area contributed by atoms with E-state index in [0.29, 0.717) is 11.3 Å². The van der Waals surface area contributed by atoms with Crippen LogP contribution in [0.5, 0.6) is 5.75 Å². The molecule has 0 spiro atoms. The molecule has 72 valence electrons. The van der Waals surface area contributed by atoms with Crippen molar-refractivity contribution in [3.05, 3.63) is 23.8 Å². The zero-order valence-corrected chi connectivity index (χ0v) is 7.54. The Kier molecular flexibility index (Phi) is 4.07. The minimum absolute atomic E-state index is 0. The van der Waals surface area contributed by atoms with Gasteiger partial charge in [0.15, 0.2) is 0 Å². The molecule has 0 saturated heterocycles. The lowest BCUT2D eigenvalue weighted by Gasteiger charge is -2.01. The van der Waals surface area contributed by atoms with E-state index in [1.54, 1.807) is 0 Å². The van der Waals surface area contributed by atoms with Crippen LogP contribution in [-0.2, 0) is 11.2 Å². The highest BCUT2D eigenvalue weighted by molar-refractivity contribution is 5.85. The highest BCUT2D eigenvalue weighted by Crippen LogP contribution is 2.19. The maximum atomic E-state index is 10.3. The maximum absolute atomic E-state index is 10.3. The van der Waals surface area contributed by atoms with Crippen molar-refractivity contribution < 1.29 is 15.0 Å². The minimum atomic E-state index is -0.990. The molecule has 4 N–H and O–H groups in total. The van der Waals surface area contributed by atoms with E-state index in [9.17, 15) is 4.79 Å². The molecule has 1 rings (SSSR count). The lowest BCUT2D eigenvalue weighted by Crippen LogP contribution is -2.00. The van der Waals surface area contributed by atoms with Gasteiger partial charge >= 0.3 is 5.97 Å². The number of carboxylic acid groups (broad SMARTS) is 1. The van der Waals surface area contributed by atoms with Crippen LogP contribution >= 0.6 is 12.4 Å². The standard InChI is InChI=1S/C8H9NO3.ClH/c9-6-1-2-7(10)5(3-6)4-8(11)12;/h1-3,10H,4,9H2,(H,11,12);1H. The summed E-state index contributed by atoms with van der Waals surface area (Å²) in [5.74, 6) is -1.03. The summed E-state index contributed by atoms with van der Waals surface area (Å²) in [7, 11) is 0. The van der Waals surface area contributed by atoms with E-state index in [4.69, 9.17) is 15.9 Å². The fraction of sp³-hybridized carbons (Fsp3) is 0.125. The van der Waals surface area contributed by atoms with E-state index in [0.717, 1.165) is 0 Å². The van der Waals surface area contributed by atoms with Crippen molar-refractivity contribution in [1.82, 2.24) is 0 Å². The predicted molar refractivity (Wildman–Crippen MR) is 51.1 cm³/mol. The molecule has 0 atom stereocenters. The summed E-state index contributed by atoms with van der Waals surface area (Å²) < 4.78 is 0. The smallest absolute Gasteiger partial charge is 0.307 e. The number of nitrogens with two attached hydrogens (primary N) is 1. The Labute approximate surface area is 81.4 Å². The first-order valence-corrected chi connectivity index (χ1v) is 3.39. The molecule has 1 aromatic carbocycles. The fourth-order valence-electron chi connectivity index (χ4n) is 0.910. The number of benzene rings is 1. The Hall–Kier alpha value is -1.42. The van der Waals surface area contributed by atoms with Crippen molar-refractivity contribution in [2.45, 2.75) is 6.42 Å². The van der Waals surface area contributed by atoms with Gasteiger partial charge in [0.25, 0.3) is 0 Å². The van der Waals surface area contributed by atoms with Gasteiger partial charge in [-0.25, -0.2) is 0 Å². The van der Waals surface area contributed by atoms with Gasteiger partial charge in [-0.2, -0.15) is 0 Å². The zero-order valence-electron chi connectivity index (χ0n) is 6.73. The van der Waals surface area contributed by atoms with Crippen molar-refractivity contribution in [2.75, 3.05) is 5.73 Å². The highest BCUT2D eigenvalue weighted by Gasteiger charge is 2.05. The van der Waals surface area contributed by atoms with Crippen LogP contribution in [0.2, 0.25) is 0 Å². The molecule has 1 aromatic rings.